The molecule has 0 atom stereocenters. The highest BCUT2D eigenvalue weighted by molar-refractivity contribution is 5.89. The van der Waals surface area contributed by atoms with Crippen molar-refractivity contribution in [3.05, 3.63) is 71.3 Å². The van der Waals surface area contributed by atoms with Crippen LogP contribution in [-0.4, -0.2) is 35.7 Å². The van der Waals surface area contributed by atoms with Gasteiger partial charge < -0.3 is 14.7 Å². The van der Waals surface area contributed by atoms with Crippen LogP contribution in [0.2, 0.25) is 0 Å². The zero-order chi connectivity index (χ0) is 16.7. The highest BCUT2D eigenvalue weighted by Gasteiger charge is 2.13. The minimum atomic E-state index is -0.963. The first-order valence-corrected chi connectivity index (χ1v) is 7.31. The Morgan fingerprint density at radius 2 is 1.70 bits per heavy atom. The summed E-state index contributed by atoms with van der Waals surface area (Å²) in [5.74, 6) is -0.963. The smallest absolute Gasteiger partial charge is 0.409 e. The average Bonchev–Trinajstić information content (AvgIpc) is 2.58. The van der Waals surface area contributed by atoms with Gasteiger partial charge in [-0.3, -0.25) is 0 Å². The summed E-state index contributed by atoms with van der Waals surface area (Å²) in [5, 5.41) is 9.15. The lowest BCUT2D eigenvalue weighted by Gasteiger charge is -2.17. The lowest BCUT2D eigenvalue weighted by atomic mass is 10.0. The molecule has 5 heteroatoms. The van der Waals surface area contributed by atoms with Crippen LogP contribution < -0.4 is 0 Å². The number of hydrogen-bond acceptors (Lipinski definition) is 3. The summed E-state index contributed by atoms with van der Waals surface area (Å²) < 4.78 is 5.23. The second kappa shape index (κ2) is 7.98. The van der Waals surface area contributed by atoms with E-state index in [4.69, 9.17) is 9.84 Å². The van der Waals surface area contributed by atoms with Crippen molar-refractivity contribution in [3.63, 3.8) is 0 Å². The number of carbonyl (C=O) groups excluding carboxylic acids is 1. The molecule has 23 heavy (non-hydrogen) atoms. The molecule has 0 aliphatic rings. The molecular formula is C18H19NO4. The van der Waals surface area contributed by atoms with Crippen LogP contribution in [0.4, 0.5) is 4.79 Å². The van der Waals surface area contributed by atoms with Gasteiger partial charge in [0.05, 0.1) is 5.56 Å². The molecule has 5 nitrogen and oxygen atoms in total. The Labute approximate surface area is 135 Å². The van der Waals surface area contributed by atoms with Crippen LogP contribution in [0, 0.1) is 0 Å². The molecule has 0 aromatic heterocycles. The third-order valence-corrected chi connectivity index (χ3v) is 3.48. The molecule has 120 valence electrons. The quantitative estimate of drug-likeness (QED) is 0.889. The van der Waals surface area contributed by atoms with Crippen molar-refractivity contribution in [2.75, 3.05) is 13.6 Å². The van der Waals surface area contributed by atoms with E-state index < -0.39 is 12.1 Å². The third kappa shape index (κ3) is 4.85. The zero-order valence-electron chi connectivity index (χ0n) is 12.9. The van der Waals surface area contributed by atoms with E-state index >= 15 is 0 Å². The molecule has 0 aliphatic heterocycles. The maximum Gasteiger partial charge on any atom is 0.409 e. The van der Waals surface area contributed by atoms with Gasteiger partial charge in [-0.25, -0.2) is 9.59 Å². The summed E-state index contributed by atoms with van der Waals surface area (Å²) >= 11 is 0. The van der Waals surface area contributed by atoms with E-state index in [9.17, 15) is 9.59 Å². The van der Waals surface area contributed by atoms with Crippen molar-refractivity contribution >= 4 is 12.1 Å². The topological polar surface area (TPSA) is 66.8 Å². The fourth-order valence-electron chi connectivity index (χ4n) is 2.16. The van der Waals surface area contributed by atoms with Gasteiger partial charge in [-0.05, 0) is 23.6 Å². The maximum atomic E-state index is 11.9. The summed E-state index contributed by atoms with van der Waals surface area (Å²) in [5.41, 5.74) is 1.88. The molecule has 1 amide bonds. The Kier molecular flexibility index (Phi) is 5.74. The van der Waals surface area contributed by atoms with Gasteiger partial charge in [0.25, 0.3) is 0 Å². The number of nitrogens with zero attached hydrogens (tertiary/aromatic N) is 1. The van der Waals surface area contributed by atoms with Crippen molar-refractivity contribution in [1.82, 2.24) is 4.90 Å². The number of benzene rings is 2. The van der Waals surface area contributed by atoms with E-state index in [1.54, 1.807) is 31.3 Å². The summed E-state index contributed by atoms with van der Waals surface area (Å²) in [6.45, 7) is 0.605. The van der Waals surface area contributed by atoms with Gasteiger partial charge in [-0.15, -0.1) is 0 Å². The lowest BCUT2D eigenvalue weighted by molar-refractivity contribution is 0.0695. The van der Waals surface area contributed by atoms with Crippen molar-refractivity contribution < 1.29 is 19.4 Å². The number of amides is 1. The molecule has 0 bridgehead atoms. The first kappa shape index (κ1) is 16.5. The molecule has 2 aromatic carbocycles. The van der Waals surface area contributed by atoms with Crippen molar-refractivity contribution in [2.45, 2.75) is 13.0 Å². The fourth-order valence-corrected chi connectivity index (χ4v) is 2.16. The molecule has 0 aliphatic carbocycles. The number of hydrogen-bond donors (Lipinski definition) is 1. The molecular weight excluding hydrogens is 294 g/mol. The zero-order valence-corrected chi connectivity index (χ0v) is 12.9. The molecule has 1 N–H and O–H groups in total. The van der Waals surface area contributed by atoms with Crippen LogP contribution in [0.5, 0.6) is 0 Å². The van der Waals surface area contributed by atoms with Crippen LogP contribution in [0.1, 0.15) is 21.5 Å². The van der Waals surface area contributed by atoms with Gasteiger partial charge in [0.2, 0.25) is 0 Å². The minimum Gasteiger partial charge on any atom is -0.478 e. The Bertz CT molecular complexity index is 670. The van der Waals surface area contributed by atoms with E-state index in [0.29, 0.717) is 18.5 Å². The molecule has 0 heterocycles. The number of likely N-dealkylation sites (N-methyl/N-ethyl adjacent to an activating group) is 1. The normalized spacial score (nSPS) is 10.1. The standard InChI is InChI=1S/C18H19NO4/c1-19(18(22)23-13-14-7-3-2-4-8-14)12-11-15-9-5-6-10-16(15)17(20)21/h2-10H,11-13H2,1H3,(H,20,21). The number of carboxylic acids is 1. The Balaban J connectivity index is 1.86. The minimum absolute atomic E-state index is 0.218. The van der Waals surface area contributed by atoms with Crippen LogP contribution in [-0.2, 0) is 17.8 Å². The highest BCUT2D eigenvalue weighted by atomic mass is 16.6. The largest absolute Gasteiger partial charge is 0.478 e. The van der Waals surface area contributed by atoms with E-state index in [1.165, 1.54) is 4.90 Å². The number of rotatable bonds is 6. The number of carboxylic acid groups (broad SMARTS) is 1. The summed E-state index contributed by atoms with van der Waals surface area (Å²) in [6, 6.07) is 16.2. The summed E-state index contributed by atoms with van der Waals surface area (Å²) in [7, 11) is 1.64. The molecule has 0 spiro atoms. The monoisotopic (exact) mass is 313 g/mol. The Morgan fingerprint density at radius 3 is 2.39 bits per heavy atom. The van der Waals surface area contributed by atoms with Crippen molar-refractivity contribution in [3.8, 4) is 0 Å². The van der Waals surface area contributed by atoms with Crippen LogP contribution in [0.15, 0.2) is 54.6 Å². The number of carbonyl (C=O) groups is 2. The highest BCUT2D eigenvalue weighted by Crippen LogP contribution is 2.10. The van der Waals surface area contributed by atoms with Gasteiger partial charge in [0, 0.05) is 13.6 Å². The molecule has 0 unspecified atom stereocenters. The number of aromatic carboxylic acids is 1. The van der Waals surface area contributed by atoms with Gasteiger partial charge in [-0.1, -0.05) is 48.5 Å². The van der Waals surface area contributed by atoms with E-state index in [2.05, 4.69) is 0 Å². The predicted octanol–water partition coefficient (Wildman–Crippen LogP) is 3.20. The van der Waals surface area contributed by atoms with E-state index in [1.807, 2.05) is 30.3 Å². The van der Waals surface area contributed by atoms with E-state index in [-0.39, 0.29) is 12.2 Å². The Morgan fingerprint density at radius 1 is 1.04 bits per heavy atom. The lowest BCUT2D eigenvalue weighted by Crippen LogP contribution is -2.29. The van der Waals surface area contributed by atoms with Crippen LogP contribution in [0.3, 0.4) is 0 Å². The number of ether oxygens (including phenoxy) is 1. The van der Waals surface area contributed by atoms with Gasteiger partial charge in [0.15, 0.2) is 0 Å². The first-order valence-electron chi connectivity index (χ1n) is 7.31. The van der Waals surface area contributed by atoms with Crippen molar-refractivity contribution in [2.24, 2.45) is 0 Å². The molecule has 2 aromatic rings. The van der Waals surface area contributed by atoms with Crippen molar-refractivity contribution in [1.29, 1.82) is 0 Å². The Hall–Kier alpha value is -2.82. The maximum absolute atomic E-state index is 11.9. The fraction of sp³-hybridized carbons (Fsp3) is 0.222. The molecule has 0 saturated heterocycles. The molecule has 0 fully saturated rings. The average molecular weight is 313 g/mol. The van der Waals surface area contributed by atoms with Gasteiger partial charge in [-0.2, -0.15) is 0 Å². The van der Waals surface area contributed by atoms with Gasteiger partial charge >= 0.3 is 12.1 Å². The molecule has 0 saturated carbocycles. The third-order valence-electron chi connectivity index (χ3n) is 3.48. The second-order valence-electron chi connectivity index (χ2n) is 5.17. The molecule has 2 rings (SSSR count). The van der Waals surface area contributed by atoms with Crippen LogP contribution in [0.25, 0.3) is 0 Å². The SMILES string of the molecule is CN(CCc1ccccc1C(=O)O)C(=O)OCc1ccccc1. The predicted molar refractivity (Wildman–Crippen MR) is 86.4 cm³/mol. The summed E-state index contributed by atoms with van der Waals surface area (Å²) in [6.07, 6.45) is 0.0287. The first-order chi connectivity index (χ1) is 11.1. The second-order valence-corrected chi connectivity index (χ2v) is 5.17. The molecule has 0 radical (unpaired) electrons. The van der Waals surface area contributed by atoms with Crippen LogP contribution >= 0.6 is 0 Å². The van der Waals surface area contributed by atoms with E-state index in [0.717, 1.165) is 5.56 Å². The summed E-state index contributed by atoms with van der Waals surface area (Å²) in [4.78, 5) is 24.5. The van der Waals surface area contributed by atoms with Gasteiger partial charge in [0.1, 0.15) is 6.61 Å².